The molecule has 3 aliphatic rings. The Hall–Kier alpha value is -1.50. The van der Waals surface area contributed by atoms with E-state index in [0.29, 0.717) is 18.4 Å². The highest BCUT2D eigenvalue weighted by Gasteiger charge is 2.60. The zero-order chi connectivity index (χ0) is 25.7. The molecule has 0 spiro atoms. The molecule has 0 amide bonds. The molecule has 3 aliphatic carbocycles. The summed E-state index contributed by atoms with van der Waals surface area (Å²) in [6.45, 7) is 17.6. The Bertz CT molecular complexity index is 870. The third kappa shape index (κ3) is 4.42. The second-order valence-corrected chi connectivity index (χ2v) is 11.9. The molecule has 2 saturated carbocycles. The van der Waals surface area contributed by atoms with Gasteiger partial charge < -0.3 is 19.7 Å². The van der Waals surface area contributed by atoms with Crippen LogP contribution in [0.2, 0.25) is 0 Å². The van der Waals surface area contributed by atoms with E-state index < -0.39 is 41.5 Å². The monoisotopic (exact) mass is 476 g/mol. The first kappa shape index (κ1) is 27.1. The fourth-order valence-electron chi connectivity index (χ4n) is 7.55. The zero-order valence-corrected chi connectivity index (χ0v) is 22.2. The number of ether oxygens (including phenoxy) is 2. The highest BCUT2D eigenvalue weighted by molar-refractivity contribution is 5.85. The molecule has 0 saturated heterocycles. The van der Waals surface area contributed by atoms with Crippen molar-refractivity contribution in [3.8, 4) is 0 Å². The maximum Gasteiger partial charge on any atom is 0.302 e. The van der Waals surface area contributed by atoms with E-state index in [2.05, 4.69) is 34.3 Å². The number of rotatable bonds is 5. The van der Waals surface area contributed by atoms with Gasteiger partial charge in [-0.2, -0.15) is 0 Å². The van der Waals surface area contributed by atoms with Crippen LogP contribution in [-0.2, 0) is 19.1 Å². The maximum absolute atomic E-state index is 13.8. The van der Waals surface area contributed by atoms with Crippen LogP contribution in [0.25, 0.3) is 0 Å². The predicted molar refractivity (Wildman–Crippen MR) is 131 cm³/mol. The lowest BCUT2D eigenvalue weighted by atomic mass is 9.48. The van der Waals surface area contributed by atoms with Gasteiger partial charge in [-0.3, -0.25) is 9.59 Å². The highest BCUT2D eigenvalue weighted by Crippen LogP contribution is 2.61. The number of allylic oxidation sites excluding steroid dienone is 1. The molecule has 3 rings (SSSR count). The quantitative estimate of drug-likeness (QED) is 0.456. The molecular formula is C28H44O6. The van der Waals surface area contributed by atoms with E-state index in [0.717, 1.165) is 18.4 Å². The highest BCUT2D eigenvalue weighted by atomic mass is 16.5. The maximum atomic E-state index is 13.8. The number of hydrogen-bond donors (Lipinski definition) is 2. The Balaban J connectivity index is 2.31. The molecule has 2 bridgehead atoms. The summed E-state index contributed by atoms with van der Waals surface area (Å²) in [5.41, 5.74) is 2.17. The van der Waals surface area contributed by atoms with Crippen LogP contribution in [0.5, 0.6) is 0 Å². The molecule has 0 aromatic heterocycles. The Morgan fingerprint density at radius 2 is 1.82 bits per heavy atom. The first-order chi connectivity index (χ1) is 15.7. The van der Waals surface area contributed by atoms with Crippen molar-refractivity contribution in [2.45, 2.75) is 98.6 Å². The minimum Gasteiger partial charge on any atom is -0.462 e. The van der Waals surface area contributed by atoms with Crippen molar-refractivity contribution >= 4 is 11.8 Å². The average molecular weight is 477 g/mol. The number of esters is 1. The summed E-state index contributed by atoms with van der Waals surface area (Å²) in [6, 6.07) is 0. The van der Waals surface area contributed by atoms with Gasteiger partial charge in [0.05, 0.1) is 18.3 Å². The van der Waals surface area contributed by atoms with Crippen LogP contribution in [0.1, 0.15) is 74.1 Å². The molecule has 6 heteroatoms. The Morgan fingerprint density at radius 1 is 1.21 bits per heavy atom. The third-order valence-corrected chi connectivity index (χ3v) is 9.29. The number of fused-ring (bicyclic) bond motifs is 3. The van der Waals surface area contributed by atoms with Crippen LogP contribution in [0, 0.1) is 34.5 Å². The molecule has 0 radical (unpaired) electrons. The molecule has 34 heavy (non-hydrogen) atoms. The van der Waals surface area contributed by atoms with Gasteiger partial charge in [0.1, 0.15) is 11.9 Å². The summed E-state index contributed by atoms with van der Waals surface area (Å²) in [5.74, 6) is -2.03. The molecule has 2 fully saturated rings. The summed E-state index contributed by atoms with van der Waals surface area (Å²) >= 11 is 0. The summed E-state index contributed by atoms with van der Waals surface area (Å²) < 4.78 is 12.2. The van der Waals surface area contributed by atoms with Crippen molar-refractivity contribution in [2.75, 3.05) is 7.11 Å². The second-order valence-electron chi connectivity index (χ2n) is 11.9. The lowest BCUT2D eigenvalue weighted by Gasteiger charge is -2.59. The van der Waals surface area contributed by atoms with E-state index in [1.54, 1.807) is 21.0 Å². The second kappa shape index (κ2) is 9.51. The minimum absolute atomic E-state index is 0.0122. The number of ketones is 1. The van der Waals surface area contributed by atoms with Crippen LogP contribution in [-0.4, -0.2) is 53.5 Å². The Labute approximate surface area is 204 Å². The van der Waals surface area contributed by atoms with Crippen molar-refractivity contribution in [3.63, 3.8) is 0 Å². The van der Waals surface area contributed by atoms with E-state index in [9.17, 15) is 19.8 Å². The average Bonchev–Trinajstić information content (AvgIpc) is 2.72. The normalized spacial score (nSPS) is 39.4. The number of hydrogen-bond acceptors (Lipinski definition) is 6. The predicted octanol–water partition coefficient (Wildman–Crippen LogP) is 4.24. The summed E-state index contributed by atoms with van der Waals surface area (Å²) in [6.07, 6.45) is 0.405. The Morgan fingerprint density at radius 3 is 2.35 bits per heavy atom. The van der Waals surface area contributed by atoms with E-state index in [-0.39, 0.29) is 29.1 Å². The van der Waals surface area contributed by atoms with Gasteiger partial charge in [-0.1, -0.05) is 39.8 Å². The SMILES string of the molecule is C=C1[C@@H](O)CC[C@@]2(C)C[C@H](OC)C3=C(C)C[C@H](C(=O)C(C)C(C)O)[C@@H]([C@@H](OC(C)=O)[C@H]12)C3(C)C. The van der Waals surface area contributed by atoms with E-state index in [1.165, 1.54) is 12.5 Å². The molecule has 9 atom stereocenters. The number of aliphatic hydroxyl groups is 2. The molecule has 0 aromatic carbocycles. The summed E-state index contributed by atoms with van der Waals surface area (Å²) in [7, 11) is 1.73. The lowest BCUT2D eigenvalue weighted by Crippen LogP contribution is -2.60. The van der Waals surface area contributed by atoms with Crippen molar-refractivity contribution in [1.82, 2.24) is 0 Å². The van der Waals surface area contributed by atoms with Crippen molar-refractivity contribution in [3.05, 3.63) is 23.3 Å². The van der Waals surface area contributed by atoms with Crippen molar-refractivity contribution < 1.29 is 29.3 Å². The van der Waals surface area contributed by atoms with Gasteiger partial charge in [0.25, 0.3) is 0 Å². The number of aliphatic hydroxyl groups excluding tert-OH is 2. The first-order valence-electron chi connectivity index (χ1n) is 12.7. The number of carbonyl (C=O) groups excluding carboxylic acids is 2. The van der Waals surface area contributed by atoms with Crippen LogP contribution >= 0.6 is 0 Å². The fourth-order valence-corrected chi connectivity index (χ4v) is 7.55. The summed E-state index contributed by atoms with van der Waals surface area (Å²) in [5, 5.41) is 21.1. The van der Waals surface area contributed by atoms with Crippen LogP contribution in [0.4, 0.5) is 0 Å². The van der Waals surface area contributed by atoms with Gasteiger partial charge in [-0.25, -0.2) is 0 Å². The minimum atomic E-state index is -0.773. The number of methoxy groups -OCH3 is 1. The van der Waals surface area contributed by atoms with Gasteiger partial charge in [0.2, 0.25) is 0 Å². The third-order valence-electron chi connectivity index (χ3n) is 9.29. The topological polar surface area (TPSA) is 93.1 Å². The standard InChI is InChI=1S/C28H44O6/c1-14-12-19(25(32)15(2)17(4)29)24-26(34-18(5)30)23-16(3)20(31)10-11-28(23,8)13-21(33-9)22(14)27(24,6)7/h15,17,19-21,23-24,26,29,31H,3,10-13H2,1-2,4-9H3/t15?,17?,19-,20-,21-,23-,24-,26-,28-/m0/s1. The van der Waals surface area contributed by atoms with Gasteiger partial charge in [0.15, 0.2) is 0 Å². The van der Waals surface area contributed by atoms with E-state index in [1.807, 2.05) is 0 Å². The van der Waals surface area contributed by atoms with Crippen LogP contribution in [0.3, 0.4) is 0 Å². The molecule has 2 N–H and O–H groups in total. The van der Waals surface area contributed by atoms with E-state index in [4.69, 9.17) is 9.47 Å². The largest absolute Gasteiger partial charge is 0.462 e. The van der Waals surface area contributed by atoms with Crippen molar-refractivity contribution in [2.24, 2.45) is 34.5 Å². The zero-order valence-electron chi connectivity index (χ0n) is 22.2. The Kier molecular flexibility index (Phi) is 7.58. The first-order valence-corrected chi connectivity index (χ1v) is 12.7. The molecule has 0 aromatic rings. The van der Waals surface area contributed by atoms with Crippen LogP contribution in [0.15, 0.2) is 23.3 Å². The molecule has 192 valence electrons. The van der Waals surface area contributed by atoms with Crippen molar-refractivity contribution in [1.29, 1.82) is 0 Å². The van der Waals surface area contributed by atoms with Gasteiger partial charge >= 0.3 is 5.97 Å². The van der Waals surface area contributed by atoms with Gasteiger partial charge in [-0.15, -0.1) is 0 Å². The lowest BCUT2D eigenvalue weighted by molar-refractivity contribution is -0.173. The molecule has 0 aliphatic heterocycles. The fraction of sp³-hybridized carbons (Fsp3) is 0.786. The molecule has 2 unspecified atom stereocenters. The molecule has 0 heterocycles. The van der Waals surface area contributed by atoms with Crippen LogP contribution < -0.4 is 0 Å². The van der Waals surface area contributed by atoms with E-state index >= 15 is 0 Å². The molecule has 6 nitrogen and oxygen atoms in total. The van der Waals surface area contributed by atoms with Gasteiger partial charge in [-0.05, 0) is 61.5 Å². The molecular weight excluding hydrogens is 432 g/mol. The number of Topliss-reactive ketones (excluding diaryl/α,β-unsaturated/α-hetero) is 1. The summed E-state index contributed by atoms with van der Waals surface area (Å²) in [4.78, 5) is 26.3. The number of carbonyl (C=O) groups is 2. The smallest absolute Gasteiger partial charge is 0.302 e. The van der Waals surface area contributed by atoms with Gasteiger partial charge in [0, 0.05) is 37.7 Å².